The van der Waals surface area contributed by atoms with Crippen LogP contribution in [0.2, 0.25) is 0 Å². The standard InChI is InChI=1S/C22H24N2O3S/c1-4-27-21(26)22(2,3)24-18(14-10-6-5-7-11-14)23-19-17(20(24)25)15-12-8-9-13-16(15)28-19/h5-7,10-11H,4,8-9,12-13H2,1-3H3. The predicted molar refractivity (Wildman–Crippen MR) is 112 cm³/mol. The summed E-state index contributed by atoms with van der Waals surface area (Å²) in [5, 5.41) is 0.678. The van der Waals surface area contributed by atoms with Crippen LogP contribution in [0.1, 0.15) is 44.1 Å². The zero-order chi connectivity index (χ0) is 19.9. The monoisotopic (exact) mass is 396 g/mol. The average Bonchev–Trinajstić information content (AvgIpc) is 3.07. The van der Waals surface area contributed by atoms with Gasteiger partial charge in [0.15, 0.2) is 0 Å². The van der Waals surface area contributed by atoms with Crippen LogP contribution >= 0.6 is 11.3 Å². The van der Waals surface area contributed by atoms with Gasteiger partial charge in [0.2, 0.25) is 0 Å². The number of aromatic nitrogens is 2. The molecule has 0 N–H and O–H groups in total. The van der Waals surface area contributed by atoms with Crippen LogP contribution in [0.25, 0.3) is 21.6 Å². The molecule has 3 aromatic rings. The van der Waals surface area contributed by atoms with Gasteiger partial charge in [-0.3, -0.25) is 9.36 Å². The highest BCUT2D eigenvalue weighted by molar-refractivity contribution is 7.18. The van der Waals surface area contributed by atoms with E-state index in [2.05, 4.69) is 0 Å². The van der Waals surface area contributed by atoms with E-state index in [1.54, 1.807) is 32.1 Å². The average molecular weight is 397 g/mol. The molecule has 0 bridgehead atoms. The number of hydrogen-bond donors (Lipinski definition) is 0. The largest absolute Gasteiger partial charge is 0.464 e. The number of esters is 1. The minimum absolute atomic E-state index is 0.152. The summed E-state index contributed by atoms with van der Waals surface area (Å²) in [5.74, 6) is 0.0780. The van der Waals surface area contributed by atoms with Crippen molar-refractivity contribution in [1.82, 2.24) is 9.55 Å². The Bertz CT molecular complexity index is 1100. The summed E-state index contributed by atoms with van der Waals surface area (Å²) >= 11 is 1.62. The van der Waals surface area contributed by atoms with E-state index in [9.17, 15) is 9.59 Å². The zero-order valence-electron chi connectivity index (χ0n) is 16.4. The highest BCUT2D eigenvalue weighted by Gasteiger charge is 2.36. The second-order valence-electron chi connectivity index (χ2n) is 7.61. The van der Waals surface area contributed by atoms with Crippen LogP contribution in [-0.4, -0.2) is 22.1 Å². The van der Waals surface area contributed by atoms with E-state index in [1.807, 2.05) is 30.3 Å². The molecule has 0 fully saturated rings. The Morgan fingerprint density at radius 1 is 1.21 bits per heavy atom. The minimum atomic E-state index is -1.16. The van der Waals surface area contributed by atoms with Crippen molar-refractivity contribution in [3.8, 4) is 11.4 Å². The quantitative estimate of drug-likeness (QED) is 0.617. The lowest BCUT2D eigenvalue weighted by atomic mass is 9.96. The van der Waals surface area contributed by atoms with E-state index in [0.717, 1.165) is 41.6 Å². The molecule has 28 heavy (non-hydrogen) atoms. The second-order valence-corrected chi connectivity index (χ2v) is 8.70. The van der Waals surface area contributed by atoms with Gasteiger partial charge in [0.05, 0.1) is 12.0 Å². The molecular formula is C22H24N2O3S. The summed E-state index contributed by atoms with van der Waals surface area (Å²) < 4.78 is 6.82. The first-order valence-electron chi connectivity index (χ1n) is 9.75. The molecule has 0 saturated heterocycles. The number of thiophene rings is 1. The smallest absolute Gasteiger partial charge is 0.331 e. The number of hydrogen-bond acceptors (Lipinski definition) is 5. The first-order chi connectivity index (χ1) is 13.4. The van der Waals surface area contributed by atoms with Crippen LogP contribution in [-0.2, 0) is 27.9 Å². The molecule has 1 aromatic carbocycles. The van der Waals surface area contributed by atoms with Crippen molar-refractivity contribution in [2.75, 3.05) is 6.61 Å². The molecular weight excluding hydrogens is 372 g/mol. The molecule has 0 spiro atoms. The third kappa shape index (κ3) is 2.96. The Balaban J connectivity index is 2.06. The maximum Gasteiger partial charge on any atom is 0.331 e. The normalized spacial score (nSPS) is 14.1. The van der Waals surface area contributed by atoms with Gasteiger partial charge < -0.3 is 4.74 Å². The predicted octanol–water partition coefficient (Wildman–Crippen LogP) is 4.30. The van der Waals surface area contributed by atoms with Crippen LogP contribution in [0.3, 0.4) is 0 Å². The van der Waals surface area contributed by atoms with E-state index in [-0.39, 0.29) is 12.2 Å². The van der Waals surface area contributed by atoms with E-state index < -0.39 is 11.5 Å². The van der Waals surface area contributed by atoms with Crippen molar-refractivity contribution >= 4 is 27.5 Å². The fourth-order valence-corrected chi connectivity index (χ4v) is 5.16. The number of fused-ring (bicyclic) bond motifs is 3. The van der Waals surface area contributed by atoms with Gasteiger partial charge >= 0.3 is 5.97 Å². The fraction of sp³-hybridized carbons (Fsp3) is 0.409. The van der Waals surface area contributed by atoms with Crippen molar-refractivity contribution < 1.29 is 9.53 Å². The lowest BCUT2D eigenvalue weighted by Gasteiger charge is -2.27. The Kier molecular flexibility index (Phi) is 4.83. The molecule has 2 heterocycles. The summed E-state index contributed by atoms with van der Waals surface area (Å²) in [6, 6.07) is 9.57. The molecule has 0 aliphatic heterocycles. The Hall–Kier alpha value is -2.47. The number of carbonyl (C=O) groups excluding carboxylic acids is 1. The number of rotatable bonds is 4. The van der Waals surface area contributed by atoms with E-state index in [0.29, 0.717) is 11.2 Å². The van der Waals surface area contributed by atoms with Gasteiger partial charge in [-0.1, -0.05) is 30.3 Å². The molecule has 0 amide bonds. The summed E-state index contributed by atoms with van der Waals surface area (Å²) in [4.78, 5) is 33.4. The maximum absolute atomic E-state index is 13.7. The van der Waals surface area contributed by atoms with Crippen molar-refractivity contribution in [1.29, 1.82) is 0 Å². The third-order valence-electron chi connectivity index (χ3n) is 5.35. The van der Waals surface area contributed by atoms with Gasteiger partial charge in [-0.05, 0) is 52.0 Å². The molecule has 2 aromatic heterocycles. The van der Waals surface area contributed by atoms with Gasteiger partial charge in [0, 0.05) is 10.4 Å². The lowest BCUT2D eigenvalue weighted by molar-refractivity contribution is -0.152. The van der Waals surface area contributed by atoms with Gasteiger partial charge in [-0.15, -0.1) is 11.3 Å². The Morgan fingerprint density at radius 2 is 1.93 bits per heavy atom. The van der Waals surface area contributed by atoms with E-state index in [1.165, 1.54) is 9.44 Å². The number of carbonyl (C=O) groups is 1. The fourth-order valence-electron chi connectivity index (χ4n) is 3.90. The van der Waals surface area contributed by atoms with Crippen LogP contribution in [0.5, 0.6) is 0 Å². The van der Waals surface area contributed by atoms with Gasteiger partial charge in [-0.25, -0.2) is 9.78 Å². The van der Waals surface area contributed by atoms with Crippen molar-refractivity contribution in [3.05, 3.63) is 51.1 Å². The second kappa shape index (κ2) is 7.17. The molecule has 4 rings (SSSR count). The van der Waals surface area contributed by atoms with Crippen molar-refractivity contribution in [2.45, 2.75) is 52.0 Å². The van der Waals surface area contributed by atoms with Crippen LogP contribution in [0.15, 0.2) is 35.1 Å². The topological polar surface area (TPSA) is 61.2 Å². The first-order valence-corrected chi connectivity index (χ1v) is 10.6. The molecule has 0 saturated carbocycles. The molecule has 0 radical (unpaired) electrons. The van der Waals surface area contributed by atoms with Crippen molar-refractivity contribution in [2.24, 2.45) is 0 Å². The first kappa shape index (κ1) is 18.9. The summed E-state index contributed by atoms with van der Waals surface area (Å²) in [6.45, 7) is 5.49. The maximum atomic E-state index is 13.7. The summed E-state index contributed by atoms with van der Waals surface area (Å²) in [7, 11) is 0. The third-order valence-corrected chi connectivity index (χ3v) is 6.54. The molecule has 0 atom stereocenters. The van der Waals surface area contributed by atoms with Gasteiger partial charge in [-0.2, -0.15) is 0 Å². The highest BCUT2D eigenvalue weighted by Crippen LogP contribution is 2.36. The van der Waals surface area contributed by atoms with Crippen LogP contribution < -0.4 is 5.56 Å². The zero-order valence-corrected chi connectivity index (χ0v) is 17.3. The number of ether oxygens (including phenoxy) is 1. The SMILES string of the molecule is CCOC(=O)C(C)(C)n1c(-c2ccccc2)nc2sc3c(c2c1=O)CCCC3. The number of benzene rings is 1. The molecule has 5 nitrogen and oxygen atoms in total. The number of nitrogens with zero attached hydrogens (tertiary/aromatic N) is 2. The number of aryl methyl sites for hydroxylation is 2. The van der Waals surface area contributed by atoms with E-state index in [4.69, 9.17) is 9.72 Å². The van der Waals surface area contributed by atoms with Gasteiger partial charge in [0.25, 0.3) is 5.56 Å². The van der Waals surface area contributed by atoms with Crippen LogP contribution in [0.4, 0.5) is 0 Å². The molecule has 6 heteroatoms. The molecule has 1 aliphatic rings. The summed E-state index contributed by atoms with van der Waals surface area (Å²) in [5.41, 5.74) is 0.617. The Labute approximate surface area is 168 Å². The minimum Gasteiger partial charge on any atom is -0.464 e. The molecule has 1 aliphatic carbocycles. The van der Waals surface area contributed by atoms with Crippen LogP contribution in [0, 0.1) is 0 Å². The lowest BCUT2D eigenvalue weighted by Crippen LogP contribution is -2.45. The molecule has 146 valence electrons. The van der Waals surface area contributed by atoms with Gasteiger partial charge in [0.1, 0.15) is 16.2 Å². The molecule has 0 unspecified atom stereocenters. The van der Waals surface area contributed by atoms with E-state index >= 15 is 0 Å². The highest BCUT2D eigenvalue weighted by atomic mass is 32.1. The summed E-state index contributed by atoms with van der Waals surface area (Å²) in [6.07, 6.45) is 4.13. The Morgan fingerprint density at radius 3 is 2.64 bits per heavy atom. The van der Waals surface area contributed by atoms with Crippen molar-refractivity contribution in [3.63, 3.8) is 0 Å².